The van der Waals surface area contributed by atoms with Crippen LogP contribution in [0.2, 0.25) is 0 Å². The molecule has 0 spiro atoms. The molecule has 15 heavy (non-hydrogen) atoms. The molecular weight excluding hydrogens is 190 g/mol. The third-order valence-electron chi connectivity index (χ3n) is 2.51. The number of H-pyrrole nitrogens is 1. The molecule has 3 nitrogen and oxygen atoms in total. The number of hydrogen-bond donors (Lipinski definition) is 1. The monoisotopic (exact) mass is 203 g/mol. The zero-order valence-electron chi connectivity index (χ0n) is 8.78. The molecule has 0 aliphatic carbocycles. The molecular formula is C12H13NO2. The zero-order valence-corrected chi connectivity index (χ0v) is 8.78. The standard InChI is InChI=1S/C12H13NO2/c1-8(2)9-3-4-11-10(5-9)12(6-13-11)15-7-14/h3-8,13H,1-2H3. The average molecular weight is 203 g/mol. The van der Waals surface area contributed by atoms with Gasteiger partial charge < -0.3 is 9.72 Å². The minimum atomic E-state index is 0.449. The summed E-state index contributed by atoms with van der Waals surface area (Å²) in [5, 5.41) is 0.952. The van der Waals surface area contributed by atoms with Gasteiger partial charge in [-0.05, 0) is 23.6 Å². The predicted molar refractivity (Wildman–Crippen MR) is 59.1 cm³/mol. The van der Waals surface area contributed by atoms with Crippen LogP contribution in [0.5, 0.6) is 5.75 Å². The summed E-state index contributed by atoms with van der Waals surface area (Å²) in [6.45, 7) is 4.72. The van der Waals surface area contributed by atoms with Crippen LogP contribution in [0.25, 0.3) is 10.9 Å². The Morgan fingerprint density at radius 3 is 2.87 bits per heavy atom. The Hall–Kier alpha value is -1.77. The van der Waals surface area contributed by atoms with E-state index >= 15 is 0 Å². The third-order valence-corrected chi connectivity index (χ3v) is 2.51. The second-order valence-electron chi connectivity index (χ2n) is 3.83. The third kappa shape index (κ3) is 1.73. The molecule has 1 aromatic carbocycles. The normalized spacial score (nSPS) is 10.9. The minimum absolute atomic E-state index is 0.449. The summed E-state index contributed by atoms with van der Waals surface area (Å²) in [6, 6.07) is 6.13. The van der Waals surface area contributed by atoms with E-state index in [0.717, 1.165) is 10.9 Å². The Balaban J connectivity index is 2.56. The van der Waals surface area contributed by atoms with Gasteiger partial charge in [-0.3, -0.25) is 4.79 Å². The fourth-order valence-corrected chi connectivity index (χ4v) is 1.62. The molecule has 3 heteroatoms. The maximum absolute atomic E-state index is 10.3. The second-order valence-corrected chi connectivity index (χ2v) is 3.83. The van der Waals surface area contributed by atoms with Crippen LogP contribution in [-0.4, -0.2) is 11.5 Å². The van der Waals surface area contributed by atoms with E-state index in [1.807, 2.05) is 6.07 Å². The van der Waals surface area contributed by atoms with Gasteiger partial charge in [-0.15, -0.1) is 0 Å². The van der Waals surface area contributed by atoms with Crippen LogP contribution in [0.15, 0.2) is 24.4 Å². The number of rotatable bonds is 3. The quantitative estimate of drug-likeness (QED) is 0.779. The molecule has 0 atom stereocenters. The summed E-state index contributed by atoms with van der Waals surface area (Å²) < 4.78 is 4.88. The van der Waals surface area contributed by atoms with Crippen LogP contribution < -0.4 is 4.74 Å². The van der Waals surface area contributed by atoms with Gasteiger partial charge in [-0.25, -0.2) is 0 Å². The Morgan fingerprint density at radius 2 is 2.20 bits per heavy atom. The highest BCUT2D eigenvalue weighted by molar-refractivity contribution is 5.87. The highest BCUT2D eigenvalue weighted by Crippen LogP contribution is 2.28. The van der Waals surface area contributed by atoms with Gasteiger partial charge in [0.25, 0.3) is 6.47 Å². The SMILES string of the molecule is CC(C)c1ccc2[nH]cc(OC=O)c2c1. The van der Waals surface area contributed by atoms with Crippen molar-refractivity contribution >= 4 is 17.4 Å². The van der Waals surface area contributed by atoms with Gasteiger partial charge >= 0.3 is 0 Å². The van der Waals surface area contributed by atoms with E-state index in [0.29, 0.717) is 18.1 Å². The van der Waals surface area contributed by atoms with Crippen LogP contribution in [-0.2, 0) is 4.79 Å². The van der Waals surface area contributed by atoms with Gasteiger partial charge in [0.15, 0.2) is 5.75 Å². The molecule has 78 valence electrons. The highest BCUT2D eigenvalue weighted by atomic mass is 16.5. The number of carbonyl (C=O) groups excluding carboxylic acids is 1. The lowest BCUT2D eigenvalue weighted by Crippen LogP contribution is -1.88. The molecule has 0 saturated heterocycles. The average Bonchev–Trinajstić information content (AvgIpc) is 2.61. The Kier molecular flexibility index (Phi) is 2.46. The summed E-state index contributed by atoms with van der Waals surface area (Å²) in [5.41, 5.74) is 2.22. The predicted octanol–water partition coefficient (Wildman–Crippen LogP) is 2.83. The van der Waals surface area contributed by atoms with E-state index in [2.05, 4.69) is 31.0 Å². The van der Waals surface area contributed by atoms with Crippen molar-refractivity contribution in [2.24, 2.45) is 0 Å². The molecule has 2 aromatic rings. The molecule has 0 saturated carbocycles. The first-order valence-electron chi connectivity index (χ1n) is 4.93. The highest BCUT2D eigenvalue weighted by Gasteiger charge is 2.07. The second kappa shape index (κ2) is 3.77. The lowest BCUT2D eigenvalue weighted by atomic mass is 10.0. The topological polar surface area (TPSA) is 42.1 Å². The van der Waals surface area contributed by atoms with Crippen molar-refractivity contribution < 1.29 is 9.53 Å². The first-order valence-corrected chi connectivity index (χ1v) is 4.93. The van der Waals surface area contributed by atoms with Crippen molar-refractivity contribution in [3.05, 3.63) is 30.0 Å². The molecule has 0 aliphatic rings. The van der Waals surface area contributed by atoms with Crippen molar-refractivity contribution in [2.75, 3.05) is 0 Å². The summed E-state index contributed by atoms with van der Waals surface area (Å²) in [6.07, 6.45) is 1.70. The van der Waals surface area contributed by atoms with Crippen molar-refractivity contribution in [2.45, 2.75) is 19.8 Å². The van der Waals surface area contributed by atoms with Gasteiger partial charge in [0.2, 0.25) is 0 Å². The van der Waals surface area contributed by atoms with Crippen molar-refractivity contribution in [1.29, 1.82) is 0 Å². The maximum atomic E-state index is 10.3. The lowest BCUT2D eigenvalue weighted by molar-refractivity contribution is -0.120. The molecule has 0 radical (unpaired) electrons. The molecule has 0 unspecified atom stereocenters. The summed E-state index contributed by atoms with van der Waals surface area (Å²) in [5.74, 6) is 1.05. The Bertz CT molecular complexity index is 485. The molecule has 0 fully saturated rings. The molecule has 2 rings (SSSR count). The summed E-state index contributed by atoms with van der Waals surface area (Å²) in [7, 11) is 0. The van der Waals surface area contributed by atoms with Crippen LogP contribution in [0, 0.1) is 0 Å². The summed E-state index contributed by atoms with van der Waals surface area (Å²) in [4.78, 5) is 13.4. The van der Waals surface area contributed by atoms with Crippen LogP contribution in [0.1, 0.15) is 25.3 Å². The largest absolute Gasteiger partial charge is 0.426 e. The van der Waals surface area contributed by atoms with Crippen LogP contribution >= 0.6 is 0 Å². The van der Waals surface area contributed by atoms with Crippen molar-refractivity contribution in [3.8, 4) is 5.75 Å². The van der Waals surface area contributed by atoms with E-state index in [1.165, 1.54) is 5.56 Å². The van der Waals surface area contributed by atoms with Gasteiger partial charge in [0.1, 0.15) is 0 Å². The fourth-order valence-electron chi connectivity index (χ4n) is 1.62. The first kappa shape index (κ1) is 9.77. The van der Waals surface area contributed by atoms with E-state index in [9.17, 15) is 4.79 Å². The minimum Gasteiger partial charge on any atom is -0.426 e. The molecule has 0 amide bonds. The van der Waals surface area contributed by atoms with Crippen LogP contribution in [0.3, 0.4) is 0 Å². The Labute approximate surface area is 88.1 Å². The number of carbonyl (C=O) groups is 1. The first-order chi connectivity index (χ1) is 7.22. The maximum Gasteiger partial charge on any atom is 0.298 e. The van der Waals surface area contributed by atoms with Crippen molar-refractivity contribution in [3.63, 3.8) is 0 Å². The number of fused-ring (bicyclic) bond motifs is 1. The van der Waals surface area contributed by atoms with E-state index in [-0.39, 0.29) is 0 Å². The number of aromatic nitrogens is 1. The van der Waals surface area contributed by atoms with Gasteiger partial charge in [0, 0.05) is 17.1 Å². The zero-order chi connectivity index (χ0) is 10.8. The van der Waals surface area contributed by atoms with Gasteiger partial charge in [0.05, 0.1) is 0 Å². The molecule has 1 N–H and O–H groups in total. The van der Waals surface area contributed by atoms with Gasteiger partial charge in [-0.2, -0.15) is 0 Å². The van der Waals surface area contributed by atoms with Gasteiger partial charge in [-0.1, -0.05) is 19.9 Å². The van der Waals surface area contributed by atoms with Crippen LogP contribution in [0.4, 0.5) is 0 Å². The smallest absolute Gasteiger partial charge is 0.298 e. The lowest BCUT2D eigenvalue weighted by Gasteiger charge is -2.05. The Morgan fingerprint density at radius 1 is 1.40 bits per heavy atom. The fraction of sp³-hybridized carbons (Fsp3) is 0.250. The number of benzene rings is 1. The number of hydrogen-bond acceptors (Lipinski definition) is 2. The summed E-state index contributed by atoms with van der Waals surface area (Å²) >= 11 is 0. The molecule has 0 aliphatic heterocycles. The van der Waals surface area contributed by atoms with E-state index in [1.54, 1.807) is 6.20 Å². The van der Waals surface area contributed by atoms with Crippen molar-refractivity contribution in [1.82, 2.24) is 4.98 Å². The molecule has 0 bridgehead atoms. The van der Waals surface area contributed by atoms with E-state index < -0.39 is 0 Å². The number of ether oxygens (including phenoxy) is 1. The molecule has 1 aromatic heterocycles. The molecule has 1 heterocycles. The number of nitrogens with one attached hydrogen (secondary N) is 1. The van der Waals surface area contributed by atoms with E-state index in [4.69, 9.17) is 4.74 Å². The number of aromatic amines is 1.